The van der Waals surface area contributed by atoms with Crippen LogP contribution in [0.2, 0.25) is 0 Å². The molecule has 0 spiro atoms. The van der Waals surface area contributed by atoms with E-state index in [0.717, 1.165) is 36.6 Å². The number of nitriles is 1. The van der Waals surface area contributed by atoms with Crippen LogP contribution in [0.25, 0.3) is 16.6 Å². The summed E-state index contributed by atoms with van der Waals surface area (Å²) in [5.41, 5.74) is 7.75. The van der Waals surface area contributed by atoms with Crippen LogP contribution in [0.1, 0.15) is 19.4 Å². The number of nitrogens with zero attached hydrogens (tertiary/aromatic N) is 5. The number of ether oxygens (including phenoxy) is 1. The first-order valence-corrected chi connectivity index (χ1v) is 10.6. The molecule has 3 aromatic heterocycles. The van der Waals surface area contributed by atoms with Gasteiger partial charge in [0.15, 0.2) is 0 Å². The number of aliphatic hydroxyl groups is 1. The fourth-order valence-electron chi connectivity index (χ4n) is 4.66. The van der Waals surface area contributed by atoms with E-state index in [1.54, 1.807) is 30.8 Å². The minimum absolute atomic E-state index is 0.141. The van der Waals surface area contributed by atoms with Gasteiger partial charge in [0.1, 0.15) is 24.2 Å². The van der Waals surface area contributed by atoms with Crippen LogP contribution in [-0.4, -0.2) is 51.5 Å². The number of piperidine rings is 1. The number of anilines is 1. The van der Waals surface area contributed by atoms with Crippen molar-refractivity contribution in [1.82, 2.24) is 14.6 Å². The van der Waals surface area contributed by atoms with Crippen LogP contribution in [0.15, 0.2) is 36.8 Å². The molecule has 31 heavy (non-hydrogen) atoms. The third-order valence-corrected chi connectivity index (χ3v) is 6.33. The van der Waals surface area contributed by atoms with Gasteiger partial charge in [-0.1, -0.05) is 0 Å². The number of nitrogens with two attached hydrogens (primary N) is 1. The first kappa shape index (κ1) is 19.8. The summed E-state index contributed by atoms with van der Waals surface area (Å²) in [6.07, 6.45) is 5.10. The largest absolute Gasteiger partial charge is 0.489 e. The topological polar surface area (TPSA) is 113 Å². The Bertz CT molecular complexity index is 1150. The minimum Gasteiger partial charge on any atom is -0.489 e. The average molecular weight is 419 g/mol. The smallest absolute Gasteiger partial charge is 0.138 e. The predicted molar refractivity (Wildman–Crippen MR) is 117 cm³/mol. The lowest BCUT2D eigenvalue weighted by atomic mass is 10.1. The van der Waals surface area contributed by atoms with Gasteiger partial charge in [-0.05, 0) is 56.3 Å². The van der Waals surface area contributed by atoms with E-state index in [9.17, 15) is 10.4 Å². The van der Waals surface area contributed by atoms with Crippen LogP contribution in [0.3, 0.4) is 0 Å². The Morgan fingerprint density at radius 3 is 2.68 bits per heavy atom. The van der Waals surface area contributed by atoms with Crippen LogP contribution in [0.4, 0.5) is 5.82 Å². The SMILES string of the molecule is CC(C)(O)COc1cc(-c2ccc(N3C[C@@H]4C(CN)[C@@H]4C3)nc2)c2c(C#N)cnn2c1. The van der Waals surface area contributed by atoms with Crippen molar-refractivity contribution >= 4 is 11.3 Å². The number of fused-ring (bicyclic) bond motifs is 2. The van der Waals surface area contributed by atoms with Crippen molar-refractivity contribution in [3.63, 3.8) is 0 Å². The Balaban J connectivity index is 1.45. The quantitative estimate of drug-likeness (QED) is 0.630. The summed E-state index contributed by atoms with van der Waals surface area (Å²) in [5.74, 6) is 3.63. The van der Waals surface area contributed by atoms with Crippen LogP contribution >= 0.6 is 0 Å². The van der Waals surface area contributed by atoms with Crippen molar-refractivity contribution in [3.8, 4) is 22.9 Å². The second-order valence-electron chi connectivity index (χ2n) is 9.19. The zero-order valence-corrected chi connectivity index (χ0v) is 17.7. The van der Waals surface area contributed by atoms with Gasteiger partial charge in [0, 0.05) is 30.4 Å². The van der Waals surface area contributed by atoms with Gasteiger partial charge in [-0.25, -0.2) is 9.50 Å². The maximum atomic E-state index is 10.00. The molecule has 2 fully saturated rings. The summed E-state index contributed by atoms with van der Waals surface area (Å²) in [6.45, 7) is 6.34. The molecule has 0 bridgehead atoms. The average Bonchev–Trinajstić information content (AvgIpc) is 3.07. The minimum atomic E-state index is -0.959. The van der Waals surface area contributed by atoms with Gasteiger partial charge in [-0.2, -0.15) is 10.4 Å². The van der Waals surface area contributed by atoms with Gasteiger partial charge in [-0.3, -0.25) is 0 Å². The Morgan fingerprint density at radius 2 is 2.06 bits per heavy atom. The molecule has 1 aliphatic carbocycles. The van der Waals surface area contributed by atoms with E-state index in [0.29, 0.717) is 34.6 Å². The highest BCUT2D eigenvalue weighted by Gasteiger charge is 2.54. The van der Waals surface area contributed by atoms with E-state index < -0.39 is 5.60 Å². The van der Waals surface area contributed by atoms with Crippen LogP contribution in [-0.2, 0) is 0 Å². The van der Waals surface area contributed by atoms with Crippen LogP contribution < -0.4 is 15.4 Å². The Hall–Kier alpha value is -3.15. The number of pyridine rings is 2. The second-order valence-corrected chi connectivity index (χ2v) is 9.19. The Kier molecular flexibility index (Phi) is 4.61. The molecular formula is C23H26N6O2. The predicted octanol–water partition coefficient (Wildman–Crippen LogP) is 2.06. The number of rotatable bonds is 6. The van der Waals surface area contributed by atoms with Gasteiger partial charge in [0.25, 0.3) is 0 Å². The fourth-order valence-corrected chi connectivity index (χ4v) is 4.66. The highest BCUT2D eigenvalue weighted by molar-refractivity contribution is 5.85. The first-order valence-electron chi connectivity index (χ1n) is 10.6. The third-order valence-electron chi connectivity index (χ3n) is 6.33. The van der Waals surface area contributed by atoms with Crippen molar-refractivity contribution in [3.05, 3.63) is 42.4 Å². The first-order chi connectivity index (χ1) is 14.9. The zero-order chi connectivity index (χ0) is 21.8. The molecule has 3 N–H and O–H groups in total. The lowest BCUT2D eigenvalue weighted by Crippen LogP contribution is -2.27. The molecule has 1 saturated carbocycles. The molecule has 1 aliphatic heterocycles. The Labute approximate surface area is 180 Å². The van der Waals surface area contributed by atoms with Crippen molar-refractivity contribution in [2.45, 2.75) is 19.4 Å². The molecular weight excluding hydrogens is 392 g/mol. The molecule has 0 radical (unpaired) electrons. The van der Waals surface area contributed by atoms with Crippen molar-refractivity contribution < 1.29 is 9.84 Å². The van der Waals surface area contributed by atoms with Crippen LogP contribution in [0, 0.1) is 29.1 Å². The summed E-state index contributed by atoms with van der Waals surface area (Å²) in [6, 6.07) is 8.13. The molecule has 4 heterocycles. The molecule has 8 heteroatoms. The van der Waals surface area contributed by atoms with Gasteiger partial charge < -0.3 is 20.5 Å². The normalized spacial score (nSPS) is 22.4. The fraction of sp³-hybridized carbons (Fsp3) is 0.435. The number of hydrogen-bond donors (Lipinski definition) is 2. The molecule has 2 aliphatic rings. The van der Waals surface area contributed by atoms with Gasteiger partial charge in [-0.15, -0.1) is 0 Å². The summed E-state index contributed by atoms with van der Waals surface area (Å²) in [7, 11) is 0. The summed E-state index contributed by atoms with van der Waals surface area (Å²) >= 11 is 0. The van der Waals surface area contributed by atoms with E-state index in [1.807, 2.05) is 24.4 Å². The van der Waals surface area contributed by atoms with Crippen LogP contribution in [0.5, 0.6) is 5.75 Å². The molecule has 3 atom stereocenters. The third kappa shape index (κ3) is 3.60. The van der Waals surface area contributed by atoms with E-state index in [1.165, 1.54) is 0 Å². The number of hydrogen-bond acceptors (Lipinski definition) is 7. The maximum absolute atomic E-state index is 10.00. The van der Waals surface area contributed by atoms with Gasteiger partial charge >= 0.3 is 0 Å². The van der Waals surface area contributed by atoms with Crippen molar-refractivity contribution in [2.24, 2.45) is 23.5 Å². The summed E-state index contributed by atoms with van der Waals surface area (Å²) in [5, 5.41) is 23.8. The van der Waals surface area contributed by atoms with E-state index in [-0.39, 0.29) is 6.61 Å². The molecule has 0 aromatic carbocycles. The molecule has 3 aromatic rings. The molecule has 0 amide bonds. The number of aromatic nitrogens is 3. The maximum Gasteiger partial charge on any atom is 0.138 e. The van der Waals surface area contributed by atoms with Gasteiger partial charge in [0.2, 0.25) is 0 Å². The standard InChI is InChI=1S/C23H26N6O2/c1-23(2,30)13-31-16-5-17(22-15(6-24)9-27-29(22)10-16)14-3-4-21(26-8-14)28-11-19-18(7-25)20(19)12-28/h3-5,8-10,18-20,30H,7,11-13,25H2,1-2H3/t18?,19-,20+. The zero-order valence-electron chi connectivity index (χ0n) is 17.7. The Morgan fingerprint density at radius 1 is 1.29 bits per heavy atom. The lowest BCUT2D eigenvalue weighted by Gasteiger charge is -2.21. The van der Waals surface area contributed by atoms with E-state index in [2.05, 4.69) is 16.1 Å². The van der Waals surface area contributed by atoms with Crippen molar-refractivity contribution in [1.29, 1.82) is 5.26 Å². The highest BCUT2D eigenvalue weighted by atomic mass is 16.5. The van der Waals surface area contributed by atoms with E-state index >= 15 is 0 Å². The summed E-state index contributed by atoms with van der Waals surface area (Å²) < 4.78 is 7.43. The molecule has 160 valence electrons. The second kappa shape index (κ2) is 7.22. The lowest BCUT2D eigenvalue weighted by molar-refractivity contribution is 0.0283. The molecule has 5 rings (SSSR count). The molecule has 1 unspecified atom stereocenters. The highest BCUT2D eigenvalue weighted by Crippen LogP contribution is 2.51. The molecule has 8 nitrogen and oxygen atoms in total. The van der Waals surface area contributed by atoms with Gasteiger partial charge in [0.05, 0.1) is 29.1 Å². The van der Waals surface area contributed by atoms with E-state index in [4.69, 9.17) is 15.5 Å². The van der Waals surface area contributed by atoms with Crippen molar-refractivity contribution in [2.75, 3.05) is 31.1 Å². The summed E-state index contributed by atoms with van der Waals surface area (Å²) in [4.78, 5) is 7.03. The molecule has 1 saturated heterocycles. The monoisotopic (exact) mass is 418 g/mol.